The van der Waals surface area contributed by atoms with Gasteiger partial charge in [0.1, 0.15) is 11.6 Å². The summed E-state index contributed by atoms with van der Waals surface area (Å²) in [6.07, 6.45) is -0.558. The third kappa shape index (κ3) is 9.05. The molecule has 1 amide bonds. The van der Waals surface area contributed by atoms with Crippen molar-refractivity contribution in [1.29, 1.82) is 0 Å². The van der Waals surface area contributed by atoms with Gasteiger partial charge in [0.15, 0.2) is 0 Å². The van der Waals surface area contributed by atoms with Crippen LogP contribution in [0.15, 0.2) is 0 Å². The van der Waals surface area contributed by atoms with Crippen LogP contribution >= 0.6 is 0 Å². The van der Waals surface area contributed by atoms with Crippen LogP contribution in [-0.4, -0.2) is 29.7 Å². The van der Waals surface area contributed by atoms with E-state index in [1.807, 2.05) is 13.8 Å². The summed E-state index contributed by atoms with van der Waals surface area (Å²) in [7, 11) is 0. The second kappa shape index (κ2) is 8.00. The van der Waals surface area contributed by atoms with Gasteiger partial charge in [-0.2, -0.15) is 0 Å². The van der Waals surface area contributed by atoms with Crippen molar-refractivity contribution in [1.82, 2.24) is 5.32 Å². The lowest BCUT2D eigenvalue weighted by atomic mass is 10.1. The second-order valence-corrected chi connectivity index (χ2v) is 6.76. The number of amides is 1. The van der Waals surface area contributed by atoms with Crippen LogP contribution in [0.2, 0.25) is 0 Å². The van der Waals surface area contributed by atoms with Gasteiger partial charge in [-0.3, -0.25) is 4.79 Å². The lowest BCUT2D eigenvalue weighted by molar-refractivity contribution is -0.162. The fourth-order valence-corrected chi connectivity index (χ4v) is 1.48. The maximum absolute atomic E-state index is 12.0. The molecular formula is C15H27NO5. The first-order valence-corrected chi connectivity index (χ1v) is 7.16. The largest absolute Gasteiger partial charge is 0.444 e. The first kappa shape index (κ1) is 19.4. The van der Waals surface area contributed by atoms with Gasteiger partial charge in [0.25, 0.3) is 0 Å². The van der Waals surface area contributed by atoms with E-state index in [2.05, 4.69) is 5.32 Å². The van der Waals surface area contributed by atoms with Crippen molar-refractivity contribution in [2.75, 3.05) is 0 Å². The number of nitrogens with one attached hydrogen (secondary N) is 1. The number of ether oxygens (including phenoxy) is 2. The minimum absolute atomic E-state index is 0.0987. The summed E-state index contributed by atoms with van der Waals surface area (Å²) in [6.45, 7) is 12.4. The molecular weight excluding hydrogens is 274 g/mol. The molecule has 0 aromatic heterocycles. The zero-order chi connectivity index (χ0) is 16.8. The van der Waals surface area contributed by atoms with Gasteiger partial charge in [-0.25, -0.2) is 9.59 Å². The molecule has 122 valence electrons. The van der Waals surface area contributed by atoms with Crippen molar-refractivity contribution in [3.05, 3.63) is 0 Å². The van der Waals surface area contributed by atoms with Gasteiger partial charge >= 0.3 is 18.0 Å². The van der Waals surface area contributed by atoms with Gasteiger partial charge in [-0.15, -0.1) is 0 Å². The monoisotopic (exact) mass is 301 g/mol. The molecule has 6 nitrogen and oxygen atoms in total. The Bertz CT molecular complexity index is 382. The van der Waals surface area contributed by atoms with Crippen LogP contribution in [-0.2, 0) is 19.1 Å². The Hall–Kier alpha value is -1.59. The first-order chi connectivity index (χ1) is 9.42. The Morgan fingerprint density at radius 1 is 1.05 bits per heavy atom. The van der Waals surface area contributed by atoms with E-state index in [1.54, 1.807) is 34.6 Å². The molecule has 0 aliphatic carbocycles. The van der Waals surface area contributed by atoms with E-state index in [9.17, 15) is 14.4 Å². The van der Waals surface area contributed by atoms with E-state index in [0.29, 0.717) is 0 Å². The fraction of sp³-hybridized carbons (Fsp3) is 0.800. The van der Waals surface area contributed by atoms with Crippen LogP contribution in [0.1, 0.15) is 54.9 Å². The number of carbonyl (C=O) groups is 3. The number of hydrogen-bond donors (Lipinski definition) is 1. The minimum Gasteiger partial charge on any atom is -0.444 e. The number of alkyl carbamates (subject to hydrolysis) is 1. The molecule has 0 aromatic rings. The zero-order valence-electron chi connectivity index (χ0n) is 14.0. The smallest absolute Gasteiger partial charge is 0.408 e. The summed E-state index contributed by atoms with van der Waals surface area (Å²) in [4.78, 5) is 35.2. The highest BCUT2D eigenvalue weighted by Crippen LogP contribution is 2.10. The molecule has 0 saturated heterocycles. The highest BCUT2D eigenvalue weighted by atomic mass is 16.6. The Balaban J connectivity index is 4.65. The van der Waals surface area contributed by atoms with Crippen molar-refractivity contribution in [2.24, 2.45) is 11.8 Å². The molecule has 1 unspecified atom stereocenters. The van der Waals surface area contributed by atoms with E-state index in [-0.39, 0.29) is 18.3 Å². The van der Waals surface area contributed by atoms with E-state index in [1.165, 1.54) is 0 Å². The van der Waals surface area contributed by atoms with Gasteiger partial charge in [-0.05, 0) is 32.6 Å². The normalized spacial score (nSPS) is 13.0. The summed E-state index contributed by atoms with van der Waals surface area (Å²) < 4.78 is 9.86. The van der Waals surface area contributed by atoms with Crippen LogP contribution < -0.4 is 5.32 Å². The lowest BCUT2D eigenvalue weighted by Gasteiger charge is -2.24. The minimum atomic E-state index is -0.920. The van der Waals surface area contributed by atoms with E-state index in [0.717, 1.165) is 0 Å². The van der Waals surface area contributed by atoms with Crippen molar-refractivity contribution in [3.8, 4) is 0 Å². The predicted octanol–water partition coefficient (Wildman–Crippen LogP) is 2.65. The topological polar surface area (TPSA) is 81.7 Å². The van der Waals surface area contributed by atoms with E-state index in [4.69, 9.17) is 9.47 Å². The Labute approximate surface area is 126 Å². The molecule has 0 aromatic carbocycles. The van der Waals surface area contributed by atoms with E-state index >= 15 is 0 Å². The van der Waals surface area contributed by atoms with Crippen molar-refractivity contribution >= 4 is 18.0 Å². The SMILES string of the molecule is CC(C)CC(=O)OC(=O)C(NC(=O)OC(C)(C)C)C(C)C. The van der Waals surface area contributed by atoms with Gasteiger partial charge in [0.05, 0.1) is 0 Å². The molecule has 1 N–H and O–H groups in total. The molecule has 1 atom stereocenters. The average molecular weight is 301 g/mol. The summed E-state index contributed by atoms with van der Waals surface area (Å²) in [6, 6.07) is -0.920. The third-order valence-corrected chi connectivity index (χ3v) is 2.38. The fourth-order valence-electron chi connectivity index (χ4n) is 1.48. The molecule has 0 aliphatic heterocycles. The highest BCUT2D eigenvalue weighted by molar-refractivity contribution is 5.90. The number of hydrogen-bond acceptors (Lipinski definition) is 5. The molecule has 0 aliphatic rings. The standard InChI is InChI=1S/C15H27NO5/c1-9(2)8-11(17)20-13(18)12(10(3)4)16-14(19)21-15(5,6)7/h9-10,12H,8H2,1-7H3,(H,16,19). The molecule has 0 rings (SSSR count). The van der Waals surface area contributed by atoms with Crippen LogP contribution in [0.5, 0.6) is 0 Å². The average Bonchev–Trinajstić information content (AvgIpc) is 2.21. The summed E-state index contributed by atoms with van der Waals surface area (Å²) in [5.41, 5.74) is -0.664. The molecule has 0 bridgehead atoms. The number of esters is 2. The lowest BCUT2D eigenvalue weighted by Crippen LogP contribution is -2.47. The predicted molar refractivity (Wildman–Crippen MR) is 78.5 cm³/mol. The van der Waals surface area contributed by atoms with E-state index < -0.39 is 29.7 Å². The number of carbonyl (C=O) groups excluding carboxylic acids is 3. The Morgan fingerprint density at radius 2 is 1.57 bits per heavy atom. The highest BCUT2D eigenvalue weighted by Gasteiger charge is 2.29. The van der Waals surface area contributed by atoms with Gasteiger partial charge < -0.3 is 14.8 Å². The van der Waals surface area contributed by atoms with Crippen molar-refractivity contribution in [3.63, 3.8) is 0 Å². The quantitative estimate of drug-likeness (QED) is 0.623. The van der Waals surface area contributed by atoms with Crippen LogP contribution in [0.4, 0.5) is 4.79 Å². The molecule has 0 fully saturated rings. The molecule has 0 heterocycles. The van der Waals surface area contributed by atoms with Crippen molar-refractivity contribution < 1.29 is 23.9 Å². The van der Waals surface area contributed by atoms with Gasteiger partial charge in [0.2, 0.25) is 0 Å². The van der Waals surface area contributed by atoms with Crippen molar-refractivity contribution in [2.45, 2.75) is 66.5 Å². The zero-order valence-corrected chi connectivity index (χ0v) is 14.0. The summed E-state index contributed by atoms with van der Waals surface area (Å²) >= 11 is 0. The maximum Gasteiger partial charge on any atom is 0.408 e. The maximum atomic E-state index is 12.0. The van der Waals surface area contributed by atoms with Crippen LogP contribution in [0.25, 0.3) is 0 Å². The molecule has 21 heavy (non-hydrogen) atoms. The molecule has 0 saturated carbocycles. The molecule has 0 spiro atoms. The second-order valence-electron chi connectivity index (χ2n) is 6.76. The summed E-state index contributed by atoms with van der Waals surface area (Å²) in [5, 5.41) is 2.44. The first-order valence-electron chi connectivity index (χ1n) is 7.16. The number of rotatable bonds is 5. The Morgan fingerprint density at radius 3 is 1.95 bits per heavy atom. The summed E-state index contributed by atoms with van der Waals surface area (Å²) in [5.74, 6) is -1.48. The molecule has 0 radical (unpaired) electrons. The van der Waals surface area contributed by atoms with Crippen LogP contribution in [0.3, 0.4) is 0 Å². The molecule has 6 heteroatoms. The van der Waals surface area contributed by atoms with Gasteiger partial charge in [0, 0.05) is 6.42 Å². The third-order valence-electron chi connectivity index (χ3n) is 2.38. The van der Waals surface area contributed by atoms with Gasteiger partial charge in [-0.1, -0.05) is 27.7 Å². The Kier molecular flexibility index (Phi) is 7.39. The van der Waals surface area contributed by atoms with Crippen LogP contribution in [0, 0.1) is 11.8 Å².